The van der Waals surface area contributed by atoms with Gasteiger partial charge in [0.1, 0.15) is 11.6 Å². The van der Waals surface area contributed by atoms with E-state index in [2.05, 4.69) is 55.4 Å². The largest absolute Gasteiger partial charge is 0.392 e. The first-order valence-corrected chi connectivity index (χ1v) is 12.2. The highest BCUT2D eigenvalue weighted by atomic mass is 16.3. The number of anilines is 1. The summed E-state index contributed by atoms with van der Waals surface area (Å²) >= 11 is 0. The summed E-state index contributed by atoms with van der Waals surface area (Å²) in [7, 11) is 2.20. The van der Waals surface area contributed by atoms with Crippen LogP contribution in [0.3, 0.4) is 0 Å². The summed E-state index contributed by atoms with van der Waals surface area (Å²) in [5.41, 5.74) is 8.19. The van der Waals surface area contributed by atoms with Crippen molar-refractivity contribution in [3.05, 3.63) is 76.2 Å². The number of aromatic nitrogens is 2. The summed E-state index contributed by atoms with van der Waals surface area (Å²) in [5, 5.41) is 13.1. The minimum absolute atomic E-state index is 0.0487. The maximum absolute atomic E-state index is 9.48. The van der Waals surface area contributed by atoms with Crippen molar-refractivity contribution in [1.82, 2.24) is 14.9 Å². The molecule has 5 heteroatoms. The van der Waals surface area contributed by atoms with E-state index in [0.29, 0.717) is 6.42 Å². The summed E-state index contributed by atoms with van der Waals surface area (Å²) in [6.45, 7) is 7.55. The van der Waals surface area contributed by atoms with Crippen LogP contribution in [0.1, 0.15) is 60.0 Å². The van der Waals surface area contributed by atoms with Gasteiger partial charge in [0.25, 0.3) is 0 Å². The Kier molecular flexibility index (Phi) is 7.73. The zero-order valence-corrected chi connectivity index (χ0v) is 20.2. The molecule has 0 saturated carbocycles. The molecule has 0 atom stereocenters. The molecule has 1 aliphatic rings. The van der Waals surface area contributed by atoms with Gasteiger partial charge in [-0.25, -0.2) is 9.97 Å². The molecule has 3 aromatic rings. The molecule has 0 fully saturated rings. The average Bonchev–Trinajstić information content (AvgIpc) is 3.17. The fraction of sp³-hybridized carbons (Fsp3) is 0.429. The lowest BCUT2D eigenvalue weighted by atomic mass is 10.0. The number of fused-ring (bicyclic) bond motifs is 3. The lowest BCUT2D eigenvalue weighted by Crippen LogP contribution is -2.23. The smallest absolute Gasteiger partial charge is 0.137 e. The van der Waals surface area contributed by atoms with E-state index in [9.17, 15) is 5.11 Å². The third-order valence-corrected chi connectivity index (χ3v) is 6.36. The van der Waals surface area contributed by atoms with Crippen molar-refractivity contribution in [3.8, 4) is 11.1 Å². The number of aliphatic hydroxyl groups is 1. The highest BCUT2D eigenvalue weighted by Gasteiger charge is 2.25. The lowest BCUT2D eigenvalue weighted by Gasteiger charge is -2.17. The molecule has 4 rings (SSSR count). The van der Waals surface area contributed by atoms with Gasteiger partial charge in [0, 0.05) is 24.9 Å². The fourth-order valence-corrected chi connectivity index (χ4v) is 4.59. The summed E-state index contributed by atoms with van der Waals surface area (Å²) < 4.78 is 0. The minimum atomic E-state index is 0.0487. The Bertz CT molecular complexity index is 1100. The van der Waals surface area contributed by atoms with E-state index in [1.807, 2.05) is 18.2 Å². The number of rotatable bonds is 11. The highest BCUT2D eigenvalue weighted by Crippen LogP contribution is 2.40. The van der Waals surface area contributed by atoms with Crippen LogP contribution in [-0.2, 0) is 19.4 Å². The third kappa shape index (κ3) is 5.79. The third-order valence-electron chi connectivity index (χ3n) is 6.36. The van der Waals surface area contributed by atoms with E-state index >= 15 is 0 Å². The Balaban J connectivity index is 1.55. The molecular formula is C28H36N4O. The average molecular weight is 445 g/mol. The van der Waals surface area contributed by atoms with E-state index in [0.717, 1.165) is 66.5 Å². The van der Waals surface area contributed by atoms with Crippen LogP contribution in [0.4, 0.5) is 5.82 Å². The number of aliphatic hydroxyl groups excluding tert-OH is 1. The van der Waals surface area contributed by atoms with E-state index in [-0.39, 0.29) is 6.61 Å². The molecule has 0 spiro atoms. The second-order valence-electron chi connectivity index (χ2n) is 9.24. The first-order chi connectivity index (χ1) is 16.1. The van der Waals surface area contributed by atoms with Crippen molar-refractivity contribution in [2.45, 2.75) is 52.6 Å². The number of nitrogens with one attached hydrogen (secondary N) is 1. The SMILES string of the molecule is CCCCN(C)CCCNc1nc(Cc2cccc(CO)c2)nc2c1-c1ccc(C)cc1C2. The molecular weight excluding hydrogens is 408 g/mol. The molecule has 33 heavy (non-hydrogen) atoms. The van der Waals surface area contributed by atoms with E-state index < -0.39 is 0 Å². The van der Waals surface area contributed by atoms with Gasteiger partial charge >= 0.3 is 0 Å². The molecule has 1 aromatic heterocycles. The predicted molar refractivity (Wildman–Crippen MR) is 136 cm³/mol. The zero-order valence-electron chi connectivity index (χ0n) is 20.2. The number of nitrogens with zero attached hydrogens (tertiary/aromatic N) is 3. The topological polar surface area (TPSA) is 61.3 Å². The predicted octanol–water partition coefficient (Wildman–Crippen LogP) is 4.97. The van der Waals surface area contributed by atoms with Gasteiger partial charge in [-0.2, -0.15) is 0 Å². The summed E-state index contributed by atoms with van der Waals surface area (Å²) in [4.78, 5) is 12.4. The second kappa shape index (κ2) is 10.9. The van der Waals surface area contributed by atoms with Crippen molar-refractivity contribution in [2.24, 2.45) is 0 Å². The highest BCUT2D eigenvalue weighted by molar-refractivity contribution is 5.84. The van der Waals surface area contributed by atoms with E-state index in [4.69, 9.17) is 9.97 Å². The number of aryl methyl sites for hydroxylation is 1. The van der Waals surface area contributed by atoms with Crippen LogP contribution in [-0.4, -0.2) is 46.7 Å². The van der Waals surface area contributed by atoms with E-state index in [1.54, 1.807) is 0 Å². The molecule has 0 saturated heterocycles. The van der Waals surface area contributed by atoms with Crippen LogP contribution < -0.4 is 5.32 Å². The maximum atomic E-state index is 9.48. The van der Waals surface area contributed by atoms with Crippen LogP contribution in [0, 0.1) is 6.92 Å². The Morgan fingerprint density at radius 2 is 1.85 bits per heavy atom. The second-order valence-corrected chi connectivity index (χ2v) is 9.24. The fourth-order valence-electron chi connectivity index (χ4n) is 4.59. The Morgan fingerprint density at radius 1 is 1.03 bits per heavy atom. The Morgan fingerprint density at radius 3 is 2.67 bits per heavy atom. The number of benzene rings is 2. The summed E-state index contributed by atoms with van der Waals surface area (Å²) in [6, 6.07) is 14.7. The van der Waals surface area contributed by atoms with Gasteiger partial charge in [0.15, 0.2) is 0 Å². The van der Waals surface area contributed by atoms with Crippen molar-refractivity contribution < 1.29 is 5.11 Å². The first-order valence-electron chi connectivity index (χ1n) is 12.2. The molecule has 174 valence electrons. The maximum Gasteiger partial charge on any atom is 0.137 e. The number of hydrogen-bond acceptors (Lipinski definition) is 5. The Labute approximate surface area is 197 Å². The van der Waals surface area contributed by atoms with Gasteiger partial charge in [0.2, 0.25) is 0 Å². The molecule has 0 radical (unpaired) electrons. The zero-order chi connectivity index (χ0) is 23.2. The van der Waals surface area contributed by atoms with Crippen LogP contribution >= 0.6 is 0 Å². The number of hydrogen-bond donors (Lipinski definition) is 2. The number of unbranched alkanes of at least 4 members (excludes halogenated alkanes) is 1. The monoisotopic (exact) mass is 444 g/mol. The normalized spacial score (nSPS) is 12.2. The molecule has 1 heterocycles. The van der Waals surface area contributed by atoms with Gasteiger partial charge < -0.3 is 15.3 Å². The molecule has 0 aliphatic heterocycles. The quantitative estimate of drug-likeness (QED) is 0.320. The van der Waals surface area contributed by atoms with Crippen LogP contribution in [0.25, 0.3) is 11.1 Å². The summed E-state index contributed by atoms with van der Waals surface area (Å²) in [5.74, 6) is 1.78. The molecule has 0 amide bonds. The molecule has 5 nitrogen and oxygen atoms in total. The first kappa shape index (κ1) is 23.4. The standard InChI is InChI=1S/C28H36N4O/c1-4-5-13-32(3)14-7-12-29-28-27-24-11-10-20(2)15-23(24)18-25(27)30-26(31-28)17-21-8-6-9-22(16-21)19-33/h6,8-11,15-16,33H,4-5,7,12-14,17-19H2,1-3H3,(H,29,30,31). The van der Waals surface area contributed by atoms with Gasteiger partial charge in [-0.1, -0.05) is 61.4 Å². The van der Waals surface area contributed by atoms with Gasteiger partial charge in [0.05, 0.1) is 12.3 Å². The van der Waals surface area contributed by atoms with Crippen LogP contribution in [0.15, 0.2) is 42.5 Å². The van der Waals surface area contributed by atoms with E-state index in [1.165, 1.54) is 29.5 Å². The van der Waals surface area contributed by atoms with Gasteiger partial charge in [-0.3, -0.25) is 0 Å². The van der Waals surface area contributed by atoms with Gasteiger partial charge in [-0.05, 0) is 62.2 Å². The summed E-state index contributed by atoms with van der Waals surface area (Å²) in [6.07, 6.45) is 5.07. The minimum Gasteiger partial charge on any atom is -0.392 e. The van der Waals surface area contributed by atoms with Gasteiger partial charge in [-0.15, -0.1) is 0 Å². The van der Waals surface area contributed by atoms with Crippen LogP contribution in [0.5, 0.6) is 0 Å². The van der Waals surface area contributed by atoms with Crippen molar-refractivity contribution >= 4 is 5.82 Å². The molecule has 2 N–H and O–H groups in total. The molecule has 1 aliphatic carbocycles. The molecule has 0 bridgehead atoms. The Hall–Kier alpha value is -2.76. The molecule has 0 unspecified atom stereocenters. The lowest BCUT2D eigenvalue weighted by molar-refractivity contribution is 0.281. The van der Waals surface area contributed by atoms with Crippen molar-refractivity contribution in [3.63, 3.8) is 0 Å². The van der Waals surface area contributed by atoms with Crippen molar-refractivity contribution in [2.75, 3.05) is 32.0 Å². The van der Waals surface area contributed by atoms with Crippen LogP contribution in [0.2, 0.25) is 0 Å². The molecule has 2 aromatic carbocycles. The van der Waals surface area contributed by atoms with Crippen molar-refractivity contribution in [1.29, 1.82) is 0 Å².